The summed E-state index contributed by atoms with van der Waals surface area (Å²) in [5.74, 6) is -1.07. The van der Waals surface area contributed by atoms with E-state index in [1.54, 1.807) is 19.1 Å². The third kappa shape index (κ3) is 4.24. The monoisotopic (exact) mass is 285 g/mol. The van der Waals surface area contributed by atoms with Gasteiger partial charge in [0.15, 0.2) is 0 Å². The van der Waals surface area contributed by atoms with Crippen LogP contribution in [0.15, 0.2) is 24.3 Å². The van der Waals surface area contributed by atoms with Crippen LogP contribution in [-0.4, -0.2) is 31.8 Å². The Labute approximate surface area is 113 Å². The number of sulfonamides is 1. The lowest BCUT2D eigenvalue weighted by Gasteiger charge is -2.23. The molecule has 0 aliphatic heterocycles. The number of aliphatic carboxylic acids is 1. The van der Waals surface area contributed by atoms with Gasteiger partial charge in [0, 0.05) is 6.54 Å². The van der Waals surface area contributed by atoms with Gasteiger partial charge < -0.3 is 5.11 Å². The normalized spacial score (nSPS) is 11.3. The van der Waals surface area contributed by atoms with Crippen molar-refractivity contribution in [3.05, 3.63) is 29.8 Å². The number of hydrogen-bond donors (Lipinski definition) is 1. The van der Waals surface area contributed by atoms with Gasteiger partial charge in [-0.3, -0.25) is 9.10 Å². The van der Waals surface area contributed by atoms with Crippen molar-refractivity contribution >= 4 is 21.7 Å². The van der Waals surface area contributed by atoms with Crippen LogP contribution in [0.2, 0.25) is 0 Å². The highest BCUT2D eigenvalue weighted by molar-refractivity contribution is 7.92. The Kier molecular flexibility index (Phi) is 5.35. The van der Waals surface area contributed by atoms with E-state index in [2.05, 4.69) is 0 Å². The lowest BCUT2D eigenvalue weighted by Crippen LogP contribution is -2.34. The predicted molar refractivity (Wildman–Crippen MR) is 74.9 cm³/mol. The number of aryl methyl sites for hydroxylation is 1. The number of benzene rings is 1. The zero-order valence-corrected chi connectivity index (χ0v) is 12.0. The van der Waals surface area contributed by atoms with Crippen LogP contribution in [0, 0.1) is 0 Å². The number of carboxylic acids is 1. The summed E-state index contributed by atoms with van der Waals surface area (Å²) in [5.41, 5.74) is 1.62. The fraction of sp³-hybridized carbons (Fsp3) is 0.462. The molecule has 0 unspecified atom stereocenters. The fourth-order valence-corrected chi connectivity index (χ4v) is 2.80. The molecule has 0 amide bonds. The first-order valence-electron chi connectivity index (χ1n) is 6.21. The van der Waals surface area contributed by atoms with Gasteiger partial charge in [0.05, 0.1) is 17.9 Å². The van der Waals surface area contributed by atoms with E-state index in [1.165, 1.54) is 4.31 Å². The van der Waals surface area contributed by atoms with Crippen molar-refractivity contribution in [3.63, 3.8) is 0 Å². The summed E-state index contributed by atoms with van der Waals surface area (Å²) in [6.07, 6.45) is 0.657. The highest BCUT2D eigenvalue weighted by Crippen LogP contribution is 2.20. The minimum Gasteiger partial charge on any atom is -0.481 e. The average Bonchev–Trinajstić information content (AvgIpc) is 2.39. The largest absolute Gasteiger partial charge is 0.481 e. The van der Waals surface area contributed by atoms with Crippen molar-refractivity contribution in [1.82, 2.24) is 0 Å². The molecule has 0 atom stereocenters. The summed E-state index contributed by atoms with van der Waals surface area (Å²) in [6, 6.07) is 7.14. The smallest absolute Gasteiger partial charge is 0.305 e. The van der Waals surface area contributed by atoms with Crippen LogP contribution in [-0.2, 0) is 21.2 Å². The molecule has 1 aromatic carbocycles. The first-order chi connectivity index (χ1) is 8.90. The molecular weight excluding hydrogens is 266 g/mol. The molecule has 6 heteroatoms. The molecule has 0 aromatic heterocycles. The van der Waals surface area contributed by atoms with E-state index in [-0.39, 0.29) is 18.7 Å². The summed E-state index contributed by atoms with van der Waals surface area (Å²) in [7, 11) is -3.46. The summed E-state index contributed by atoms with van der Waals surface area (Å²) < 4.78 is 25.2. The maximum Gasteiger partial charge on any atom is 0.305 e. The molecule has 1 N–H and O–H groups in total. The molecule has 19 heavy (non-hydrogen) atoms. The fourth-order valence-electron chi connectivity index (χ4n) is 1.68. The number of nitrogens with zero attached hydrogens (tertiary/aromatic N) is 1. The Morgan fingerprint density at radius 3 is 2.21 bits per heavy atom. The van der Waals surface area contributed by atoms with Gasteiger partial charge in [0.25, 0.3) is 0 Å². The van der Waals surface area contributed by atoms with Gasteiger partial charge in [-0.05, 0) is 31.0 Å². The highest BCUT2D eigenvalue weighted by atomic mass is 32.2. The van der Waals surface area contributed by atoms with Crippen LogP contribution in [0.25, 0.3) is 0 Å². The van der Waals surface area contributed by atoms with Crippen LogP contribution < -0.4 is 4.31 Å². The number of rotatable bonds is 7. The van der Waals surface area contributed by atoms with E-state index in [4.69, 9.17) is 5.11 Å². The maximum absolute atomic E-state index is 12.0. The lowest BCUT2D eigenvalue weighted by atomic mass is 10.1. The molecular formula is C13H19NO4S. The zero-order valence-electron chi connectivity index (χ0n) is 11.2. The molecule has 0 bridgehead atoms. The van der Waals surface area contributed by atoms with Gasteiger partial charge in [0.2, 0.25) is 10.0 Å². The van der Waals surface area contributed by atoms with Crippen LogP contribution in [0.5, 0.6) is 0 Å². The van der Waals surface area contributed by atoms with Gasteiger partial charge in [-0.1, -0.05) is 19.1 Å². The summed E-state index contributed by atoms with van der Waals surface area (Å²) in [4.78, 5) is 10.6. The second kappa shape index (κ2) is 6.56. The van der Waals surface area contributed by atoms with Crippen molar-refractivity contribution < 1.29 is 18.3 Å². The second-order valence-electron chi connectivity index (χ2n) is 4.14. The molecule has 1 aromatic rings. The Morgan fingerprint density at radius 2 is 1.79 bits per heavy atom. The van der Waals surface area contributed by atoms with Crippen LogP contribution in [0.1, 0.15) is 25.8 Å². The number of anilines is 1. The van der Waals surface area contributed by atoms with Crippen molar-refractivity contribution in [1.29, 1.82) is 0 Å². The van der Waals surface area contributed by atoms with Gasteiger partial charge in [-0.25, -0.2) is 8.42 Å². The topological polar surface area (TPSA) is 74.7 Å². The van der Waals surface area contributed by atoms with Gasteiger partial charge in [-0.2, -0.15) is 0 Å². The van der Waals surface area contributed by atoms with E-state index in [9.17, 15) is 13.2 Å². The SMILES string of the molecule is CCc1ccc(N(CCC(=O)O)S(=O)(=O)CC)cc1. The molecule has 0 aliphatic rings. The quantitative estimate of drug-likeness (QED) is 0.830. The molecule has 0 spiro atoms. The van der Waals surface area contributed by atoms with Crippen LogP contribution >= 0.6 is 0 Å². The molecule has 0 saturated carbocycles. The Hall–Kier alpha value is -1.56. The molecule has 0 fully saturated rings. The minimum atomic E-state index is -3.46. The molecule has 0 radical (unpaired) electrons. The number of carboxylic acid groups (broad SMARTS) is 1. The molecule has 0 heterocycles. The molecule has 1 rings (SSSR count). The predicted octanol–water partition coefficient (Wildman–Crippen LogP) is 1.88. The first kappa shape index (κ1) is 15.5. The van der Waals surface area contributed by atoms with Crippen molar-refractivity contribution in [3.8, 4) is 0 Å². The van der Waals surface area contributed by atoms with E-state index in [0.29, 0.717) is 5.69 Å². The van der Waals surface area contributed by atoms with Crippen molar-refractivity contribution in [2.75, 3.05) is 16.6 Å². The zero-order chi connectivity index (χ0) is 14.5. The van der Waals surface area contributed by atoms with Gasteiger partial charge >= 0.3 is 5.97 Å². The van der Waals surface area contributed by atoms with Gasteiger partial charge in [0.1, 0.15) is 0 Å². The van der Waals surface area contributed by atoms with E-state index in [0.717, 1.165) is 12.0 Å². The third-order valence-corrected chi connectivity index (χ3v) is 4.66. The summed E-state index contributed by atoms with van der Waals surface area (Å²) in [6.45, 7) is 3.51. The van der Waals surface area contributed by atoms with E-state index >= 15 is 0 Å². The van der Waals surface area contributed by atoms with Gasteiger partial charge in [-0.15, -0.1) is 0 Å². The molecule has 0 aliphatic carbocycles. The summed E-state index contributed by atoms with van der Waals surface area (Å²) in [5, 5.41) is 8.71. The second-order valence-corrected chi connectivity index (χ2v) is 6.32. The Balaban J connectivity index is 3.04. The standard InChI is InChI=1S/C13H19NO4S/c1-3-11-5-7-12(8-6-11)14(10-9-13(15)16)19(17,18)4-2/h5-8H,3-4,9-10H2,1-2H3,(H,15,16). The Bertz CT molecular complexity index is 522. The lowest BCUT2D eigenvalue weighted by molar-refractivity contribution is -0.136. The number of carbonyl (C=O) groups is 1. The first-order valence-corrected chi connectivity index (χ1v) is 7.82. The highest BCUT2D eigenvalue weighted by Gasteiger charge is 2.21. The Morgan fingerprint density at radius 1 is 1.21 bits per heavy atom. The van der Waals surface area contributed by atoms with Crippen molar-refractivity contribution in [2.45, 2.75) is 26.7 Å². The van der Waals surface area contributed by atoms with Crippen LogP contribution in [0.4, 0.5) is 5.69 Å². The molecule has 0 saturated heterocycles. The summed E-state index contributed by atoms with van der Waals surface area (Å²) >= 11 is 0. The number of hydrogen-bond acceptors (Lipinski definition) is 3. The van der Waals surface area contributed by atoms with Crippen molar-refractivity contribution in [2.24, 2.45) is 0 Å². The van der Waals surface area contributed by atoms with E-state index in [1.807, 2.05) is 19.1 Å². The minimum absolute atomic E-state index is 0.0447. The third-order valence-electron chi connectivity index (χ3n) is 2.86. The van der Waals surface area contributed by atoms with E-state index < -0.39 is 16.0 Å². The maximum atomic E-state index is 12.0. The molecule has 106 valence electrons. The van der Waals surface area contributed by atoms with Crippen LogP contribution in [0.3, 0.4) is 0 Å². The average molecular weight is 285 g/mol. The molecule has 5 nitrogen and oxygen atoms in total.